The lowest BCUT2D eigenvalue weighted by atomic mass is 10.2. The Bertz CT molecular complexity index is 686. The SMILES string of the molecule is COc1ccc(C(C)S(=O)CC(=O)Nc2ccc(Cl)cc2)cc1. The summed E-state index contributed by atoms with van der Waals surface area (Å²) in [5, 5.41) is 3.07. The Morgan fingerprint density at radius 1 is 1.17 bits per heavy atom. The van der Waals surface area contributed by atoms with E-state index in [0.29, 0.717) is 10.7 Å². The van der Waals surface area contributed by atoms with E-state index in [1.807, 2.05) is 31.2 Å². The van der Waals surface area contributed by atoms with Gasteiger partial charge in [0, 0.05) is 21.5 Å². The van der Waals surface area contributed by atoms with Crippen LogP contribution in [0.2, 0.25) is 5.02 Å². The van der Waals surface area contributed by atoms with E-state index in [2.05, 4.69) is 5.32 Å². The molecule has 2 aromatic rings. The predicted molar refractivity (Wildman–Crippen MR) is 94.5 cm³/mol. The van der Waals surface area contributed by atoms with E-state index in [1.165, 1.54) is 0 Å². The van der Waals surface area contributed by atoms with Gasteiger partial charge in [-0.15, -0.1) is 0 Å². The van der Waals surface area contributed by atoms with Gasteiger partial charge in [0.15, 0.2) is 0 Å². The summed E-state index contributed by atoms with van der Waals surface area (Å²) in [6, 6.07) is 14.1. The molecule has 2 atom stereocenters. The predicted octanol–water partition coefficient (Wildman–Crippen LogP) is 3.80. The minimum Gasteiger partial charge on any atom is -0.497 e. The van der Waals surface area contributed by atoms with Crippen LogP contribution in [0.25, 0.3) is 0 Å². The molecule has 2 aromatic carbocycles. The number of halogens is 1. The first-order chi connectivity index (χ1) is 11.0. The molecule has 4 nitrogen and oxygen atoms in total. The molecule has 2 unspecified atom stereocenters. The zero-order valence-corrected chi connectivity index (χ0v) is 14.5. The molecule has 2 rings (SSSR count). The van der Waals surface area contributed by atoms with Gasteiger partial charge in [-0.05, 0) is 48.9 Å². The van der Waals surface area contributed by atoms with Crippen LogP contribution in [0.1, 0.15) is 17.7 Å². The summed E-state index contributed by atoms with van der Waals surface area (Å²) < 4.78 is 17.4. The van der Waals surface area contributed by atoms with Crippen LogP contribution >= 0.6 is 11.6 Å². The van der Waals surface area contributed by atoms with Crippen LogP contribution in [0.15, 0.2) is 48.5 Å². The van der Waals surface area contributed by atoms with Crippen molar-refractivity contribution in [1.82, 2.24) is 0 Å². The molecule has 0 aromatic heterocycles. The minimum absolute atomic E-state index is 0.0597. The maximum Gasteiger partial charge on any atom is 0.237 e. The van der Waals surface area contributed by atoms with Crippen molar-refractivity contribution in [2.45, 2.75) is 12.2 Å². The fourth-order valence-electron chi connectivity index (χ4n) is 2.01. The molecule has 0 saturated carbocycles. The summed E-state index contributed by atoms with van der Waals surface area (Å²) in [5.41, 5.74) is 1.54. The lowest BCUT2D eigenvalue weighted by molar-refractivity contribution is -0.113. The van der Waals surface area contributed by atoms with Crippen molar-refractivity contribution in [1.29, 1.82) is 0 Å². The molecule has 0 spiro atoms. The molecular formula is C17H18ClNO3S. The first kappa shape index (κ1) is 17.5. The summed E-state index contributed by atoms with van der Waals surface area (Å²) in [4.78, 5) is 12.0. The monoisotopic (exact) mass is 351 g/mol. The van der Waals surface area contributed by atoms with Gasteiger partial charge in [-0.1, -0.05) is 23.7 Å². The van der Waals surface area contributed by atoms with E-state index >= 15 is 0 Å². The number of nitrogens with one attached hydrogen (secondary N) is 1. The highest BCUT2D eigenvalue weighted by molar-refractivity contribution is 7.86. The fraction of sp³-hybridized carbons (Fsp3) is 0.235. The van der Waals surface area contributed by atoms with Crippen LogP contribution in [-0.2, 0) is 15.6 Å². The maximum atomic E-state index is 12.4. The Morgan fingerprint density at radius 3 is 2.35 bits per heavy atom. The summed E-state index contributed by atoms with van der Waals surface area (Å²) in [6.07, 6.45) is 0. The van der Waals surface area contributed by atoms with Crippen LogP contribution in [-0.4, -0.2) is 23.0 Å². The van der Waals surface area contributed by atoms with Crippen molar-refractivity contribution in [3.05, 3.63) is 59.1 Å². The Kier molecular flexibility index (Phi) is 6.19. The van der Waals surface area contributed by atoms with E-state index in [1.54, 1.807) is 31.4 Å². The summed E-state index contributed by atoms with van der Waals surface area (Å²) >= 11 is 5.79. The molecule has 122 valence electrons. The quantitative estimate of drug-likeness (QED) is 0.861. The molecule has 6 heteroatoms. The first-order valence-corrected chi connectivity index (χ1v) is 8.82. The number of carbonyl (C=O) groups excluding carboxylic acids is 1. The van der Waals surface area contributed by atoms with Gasteiger partial charge in [-0.2, -0.15) is 0 Å². The average molecular weight is 352 g/mol. The van der Waals surface area contributed by atoms with Crippen molar-refractivity contribution in [2.24, 2.45) is 0 Å². The van der Waals surface area contributed by atoms with E-state index in [9.17, 15) is 9.00 Å². The highest BCUT2D eigenvalue weighted by atomic mass is 35.5. The third kappa shape index (κ3) is 5.08. The fourth-order valence-corrected chi connectivity index (χ4v) is 3.18. The van der Waals surface area contributed by atoms with E-state index in [4.69, 9.17) is 16.3 Å². The average Bonchev–Trinajstić information content (AvgIpc) is 2.56. The topological polar surface area (TPSA) is 55.4 Å². The molecule has 0 heterocycles. The maximum absolute atomic E-state index is 12.4. The number of methoxy groups -OCH3 is 1. The Morgan fingerprint density at radius 2 is 1.78 bits per heavy atom. The molecule has 0 aliphatic heterocycles. The van der Waals surface area contributed by atoms with Crippen LogP contribution in [0.5, 0.6) is 5.75 Å². The summed E-state index contributed by atoms with van der Waals surface area (Å²) in [6.45, 7) is 1.84. The second-order valence-electron chi connectivity index (χ2n) is 5.00. The third-order valence-corrected chi connectivity index (χ3v) is 5.24. The molecule has 23 heavy (non-hydrogen) atoms. The zero-order valence-electron chi connectivity index (χ0n) is 12.9. The molecule has 0 aliphatic carbocycles. The van der Waals surface area contributed by atoms with Gasteiger partial charge in [-0.3, -0.25) is 9.00 Å². The summed E-state index contributed by atoms with van der Waals surface area (Å²) in [7, 11) is 0.284. The van der Waals surface area contributed by atoms with Crippen LogP contribution in [0.4, 0.5) is 5.69 Å². The molecule has 0 saturated heterocycles. The molecule has 0 fully saturated rings. The van der Waals surface area contributed by atoms with Crippen LogP contribution < -0.4 is 10.1 Å². The molecule has 0 radical (unpaired) electrons. The number of amides is 1. The van der Waals surface area contributed by atoms with Gasteiger partial charge in [0.1, 0.15) is 11.5 Å². The van der Waals surface area contributed by atoms with Crippen molar-refractivity contribution < 1.29 is 13.7 Å². The first-order valence-electron chi connectivity index (χ1n) is 7.06. The van der Waals surface area contributed by atoms with Crippen LogP contribution in [0.3, 0.4) is 0 Å². The van der Waals surface area contributed by atoms with Crippen LogP contribution in [0, 0.1) is 0 Å². The Hall–Kier alpha value is -1.85. The normalized spacial score (nSPS) is 13.2. The minimum atomic E-state index is -1.31. The number of hydrogen-bond acceptors (Lipinski definition) is 3. The largest absolute Gasteiger partial charge is 0.497 e. The third-order valence-electron chi connectivity index (χ3n) is 3.38. The highest BCUT2D eigenvalue weighted by Crippen LogP contribution is 2.22. The summed E-state index contributed by atoms with van der Waals surface area (Å²) in [5.74, 6) is 0.397. The second kappa shape index (κ2) is 8.13. The zero-order chi connectivity index (χ0) is 16.8. The standard InChI is InChI=1S/C17H18ClNO3S/c1-12(13-3-9-16(22-2)10-4-13)23(21)11-17(20)19-15-7-5-14(18)6-8-15/h3-10,12H,11H2,1-2H3,(H,19,20). The Labute approximate surface area is 143 Å². The van der Waals surface area contributed by atoms with Gasteiger partial charge in [-0.25, -0.2) is 0 Å². The number of ether oxygens (including phenoxy) is 1. The molecule has 0 bridgehead atoms. The van der Waals surface area contributed by atoms with Crippen molar-refractivity contribution in [2.75, 3.05) is 18.2 Å². The molecular weight excluding hydrogens is 334 g/mol. The van der Waals surface area contributed by atoms with Gasteiger partial charge in [0.2, 0.25) is 5.91 Å². The van der Waals surface area contributed by atoms with Gasteiger partial charge in [0.25, 0.3) is 0 Å². The van der Waals surface area contributed by atoms with E-state index in [-0.39, 0.29) is 16.9 Å². The van der Waals surface area contributed by atoms with E-state index in [0.717, 1.165) is 11.3 Å². The highest BCUT2D eigenvalue weighted by Gasteiger charge is 2.17. The lowest BCUT2D eigenvalue weighted by Crippen LogP contribution is -2.21. The van der Waals surface area contributed by atoms with Gasteiger partial charge < -0.3 is 10.1 Å². The second-order valence-corrected chi connectivity index (χ2v) is 7.19. The van der Waals surface area contributed by atoms with Gasteiger partial charge >= 0.3 is 0 Å². The number of anilines is 1. The number of hydrogen-bond donors (Lipinski definition) is 1. The number of benzene rings is 2. The molecule has 1 N–H and O–H groups in total. The molecule has 1 amide bonds. The lowest BCUT2D eigenvalue weighted by Gasteiger charge is -2.12. The smallest absolute Gasteiger partial charge is 0.237 e. The Balaban J connectivity index is 1.94. The van der Waals surface area contributed by atoms with Crippen molar-refractivity contribution >= 4 is 34.0 Å². The van der Waals surface area contributed by atoms with E-state index < -0.39 is 10.8 Å². The number of carbonyl (C=O) groups is 1. The molecule has 0 aliphatic rings. The number of rotatable bonds is 6. The van der Waals surface area contributed by atoms with Crippen molar-refractivity contribution in [3.63, 3.8) is 0 Å². The van der Waals surface area contributed by atoms with Crippen molar-refractivity contribution in [3.8, 4) is 5.75 Å². The van der Waals surface area contributed by atoms with Gasteiger partial charge in [0.05, 0.1) is 12.4 Å².